The van der Waals surface area contributed by atoms with Crippen LogP contribution in [0.5, 0.6) is 0 Å². The molecule has 1 nitrogen and oxygen atoms in total. The first-order valence-electron chi connectivity index (χ1n) is 7.75. The number of rotatable bonds is 6. The number of thioether (sulfide) groups is 1. The normalized spacial score (nSPS) is 28.4. The van der Waals surface area contributed by atoms with Gasteiger partial charge in [0.15, 0.2) is 0 Å². The summed E-state index contributed by atoms with van der Waals surface area (Å²) >= 11 is 2.21. The molecule has 0 aromatic carbocycles. The lowest BCUT2D eigenvalue weighted by molar-refractivity contribution is 0.311. The predicted octanol–water partition coefficient (Wildman–Crippen LogP) is 4.22. The lowest BCUT2D eigenvalue weighted by atomic mass is 9.84. The van der Waals surface area contributed by atoms with Gasteiger partial charge in [-0.15, -0.1) is 0 Å². The average Bonchev–Trinajstić information content (AvgIpc) is 2.89. The van der Waals surface area contributed by atoms with Crippen molar-refractivity contribution in [3.63, 3.8) is 0 Å². The van der Waals surface area contributed by atoms with Gasteiger partial charge >= 0.3 is 0 Å². The first kappa shape index (κ1) is 13.7. The molecule has 0 aromatic heterocycles. The molecule has 17 heavy (non-hydrogen) atoms. The highest BCUT2D eigenvalue weighted by molar-refractivity contribution is 8.00. The molecular weight excluding hydrogens is 226 g/mol. The summed E-state index contributed by atoms with van der Waals surface area (Å²) in [6.07, 6.45) is 13.3. The van der Waals surface area contributed by atoms with E-state index in [1.54, 1.807) is 0 Å². The van der Waals surface area contributed by atoms with Crippen LogP contribution in [0.15, 0.2) is 0 Å². The number of hydrogen-bond donors (Lipinski definition) is 1. The van der Waals surface area contributed by atoms with Crippen LogP contribution in [0.3, 0.4) is 0 Å². The van der Waals surface area contributed by atoms with Crippen LogP contribution < -0.4 is 5.32 Å². The van der Waals surface area contributed by atoms with Gasteiger partial charge in [0.1, 0.15) is 0 Å². The van der Waals surface area contributed by atoms with Crippen molar-refractivity contribution in [2.24, 2.45) is 5.92 Å². The zero-order valence-electron chi connectivity index (χ0n) is 11.4. The van der Waals surface area contributed by atoms with Crippen molar-refractivity contribution in [3.05, 3.63) is 0 Å². The topological polar surface area (TPSA) is 12.0 Å². The van der Waals surface area contributed by atoms with Crippen LogP contribution in [-0.4, -0.2) is 23.6 Å². The molecule has 1 saturated carbocycles. The van der Waals surface area contributed by atoms with Crippen LogP contribution in [0.2, 0.25) is 0 Å². The van der Waals surface area contributed by atoms with Crippen molar-refractivity contribution >= 4 is 11.8 Å². The third-order valence-corrected chi connectivity index (χ3v) is 6.01. The molecule has 1 N–H and O–H groups in total. The molecular formula is C15H29NS. The van der Waals surface area contributed by atoms with Crippen molar-refractivity contribution in [2.45, 2.75) is 76.0 Å². The van der Waals surface area contributed by atoms with Gasteiger partial charge in [0, 0.05) is 11.3 Å². The molecule has 0 amide bonds. The maximum absolute atomic E-state index is 3.74. The van der Waals surface area contributed by atoms with Crippen molar-refractivity contribution in [2.75, 3.05) is 12.3 Å². The standard InChI is InChI=1S/C15H29NS/c1-2-16-14(15-9-6-12-17-15)11-10-13-7-4-3-5-8-13/h13-16H,2-12H2,1H3. The molecule has 0 aromatic rings. The van der Waals surface area contributed by atoms with Crippen LogP contribution in [-0.2, 0) is 0 Å². The summed E-state index contributed by atoms with van der Waals surface area (Å²) in [4.78, 5) is 0. The Morgan fingerprint density at radius 1 is 1.12 bits per heavy atom. The van der Waals surface area contributed by atoms with E-state index in [9.17, 15) is 0 Å². The summed E-state index contributed by atoms with van der Waals surface area (Å²) in [7, 11) is 0. The van der Waals surface area contributed by atoms with Crippen molar-refractivity contribution in [1.82, 2.24) is 5.32 Å². The first-order valence-corrected chi connectivity index (χ1v) is 8.80. The second kappa shape index (κ2) is 7.68. The fourth-order valence-electron chi connectivity index (χ4n) is 3.49. The van der Waals surface area contributed by atoms with E-state index < -0.39 is 0 Å². The molecule has 2 unspecified atom stereocenters. The van der Waals surface area contributed by atoms with E-state index >= 15 is 0 Å². The fourth-order valence-corrected chi connectivity index (χ4v) is 4.93. The molecule has 2 rings (SSSR count). The van der Waals surface area contributed by atoms with Crippen LogP contribution in [0, 0.1) is 5.92 Å². The largest absolute Gasteiger partial charge is 0.313 e. The van der Waals surface area contributed by atoms with E-state index in [4.69, 9.17) is 0 Å². The minimum absolute atomic E-state index is 0.800. The third kappa shape index (κ3) is 4.48. The molecule has 1 saturated heterocycles. The average molecular weight is 255 g/mol. The molecule has 2 fully saturated rings. The molecule has 2 heteroatoms. The Bertz CT molecular complexity index is 195. The Kier molecular flexibility index (Phi) is 6.21. The molecule has 1 aliphatic carbocycles. The summed E-state index contributed by atoms with van der Waals surface area (Å²) in [6.45, 7) is 3.40. The quantitative estimate of drug-likeness (QED) is 0.762. The van der Waals surface area contributed by atoms with Crippen LogP contribution in [0.1, 0.15) is 64.7 Å². The Morgan fingerprint density at radius 2 is 1.94 bits per heavy atom. The summed E-state index contributed by atoms with van der Waals surface area (Å²) < 4.78 is 0. The summed E-state index contributed by atoms with van der Waals surface area (Å²) in [5.74, 6) is 2.45. The van der Waals surface area contributed by atoms with Gasteiger partial charge in [0.2, 0.25) is 0 Å². The molecule has 1 heterocycles. The minimum atomic E-state index is 0.800. The zero-order valence-corrected chi connectivity index (χ0v) is 12.2. The minimum Gasteiger partial charge on any atom is -0.313 e. The van der Waals surface area contributed by atoms with E-state index in [0.717, 1.165) is 23.8 Å². The van der Waals surface area contributed by atoms with Gasteiger partial charge in [-0.05, 0) is 43.9 Å². The van der Waals surface area contributed by atoms with Gasteiger partial charge in [0.05, 0.1) is 0 Å². The zero-order chi connectivity index (χ0) is 11.9. The highest BCUT2D eigenvalue weighted by Crippen LogP contribution is 2.33. The Morgan fingerprint density at radius 3 is 2.59 bits per heavy atom. The van der Waals surface area contributed by atoms with Gasteiger partial charge < -0.3 is 5.32 Å². The van der Waals surface area contributed by atoms with Crippen molar-refractivity contribution < 1.29 is 0 Å². The van der Waals surface area contributed by atoms with Crippen LogP contribution >= 0.6 is 11.8 Å². The maximum Gasteiger partial charge on any atom is 0.0201 e. The monoisotopic (exact) mass is 255 g/mol. The summed E-state index contributed by atoms with van der Waals surface area (Å²) in [6, 6.07) is 0.800. The highest BCUT2D eigenvalue weighted by Gasteiger charge is 2.25. The van der Waals surface area contributed by atoms with Crippen LogP contribution in [0.4, 0.5) is 0 Å². The molecule has 100 valence electrons. The van der Waals surface area contributed by atoms with Gasteiger partial charge in [-0.25, -0.2) is 0 Å². The molecule has 0 bridgehead atoms. The number of hydrogen-bond acceptors (Lipinski definition) is 2. The number of nitrogens with one attached hydrogen (secondary N) is 1. The SMILES string of the molecule is CCNC(CCC1CCCCC1)C1CCCS1. The highest BCUT2D eigenvalue weighted by atomic mass is 32.2. The van der Waals surface area contributed by atoms with E-state index in [2.05, 4.69) is 24.0 Å². The third-order valence-electron chi connectivity index (χ3n) is 4.49. The summed E-state index contributed by atoms with van der Waals surface area (Å²) in [5.41, 5.74) is 0. The Balaban J connectivity index is 1.72. The van der Waals surface area contributed by atoms with E-state index in [0.29, 0.717) is 0 Å². The molecule has 2 aliphatic rings. The Hall–Kier alpha value is 0.310. The lowest BCUT2D eigenvalue weighted by Crippen LogP contribution is -2.37. The fraction of sp³-hybridized carbons (Fsp3) is 1.00. The van der Waals surface area contributed by atoms with Crippen molar-refractivity contribution in [1.29, 1.82) is 0 Å². The van der Waals surface area contributed by atoms with E-state index in [-0.39, 0.29) is 0 Å². The van der Waals surface area contributed by atoms with Crippen LogP contribution in [0.25, 0.3) is 0 Å². The van der Waals surface area contributed by atoms with E-state index in [1.807, 2.05) is 0 Å². The lowest BCUT2D eigenvalue weighted by Gasteiger charge is -2.27. The molecule has 0 spiro atoms. The molecule has 2 atom stereocenters. The van der Waals surface area contributed by atoms with Gasteiger partial charge in [-0.3, -0.25) is 0 Å². The second-order valence-electron chi connectivity index (χ2n) is 5.80. The van der Waals surface area contributed by atoms with Crippen molar-refractivity contribution in [3.8, 4) is 0 Å². The van der Waals surface area contributed by atoms with E-state index in [1.165, 1.54) is 63.5 Å². The molecule has 0 radical (unpaired) electrons. The molecule has 1 aliphatic heterocycles. The van der Waals surface area contributed by atoms with Gasteiger partial charge in [-0.1, -0.05) is 39.0 Å². The maximum atomic E-state index is 3.74. The van der Waals surface area contributed by atoms with Gasteiger partial charge in [-0.2, -0.15) is 11.8 Å². The smallest absolute Gasteiger partial charge is 0.0201 e. The predicted molar refractivity (Wildman–Crippen MR) is 78.8 cm³/mol. The second-order valence-corrected chi connectivity index (χ2v) is 7.14. The van der Waals surface area contributed by atoms with Gasteiger partial charge in [0.25, 0.3) is 0 Å². The summed E-state index contributed by atoms with van der Waals surface area (Å²) in [5, 5.41) is 4.66. The first-order chi connectivity index (χ1) is 8.40. The Labute approximate surface area is 112 Å².